The molecule has 6 heteroatoms. The highest BCUT2D eigenvalue weighted by Crippen LogP contribution is 2.41. The highest BCUT2D eigenvalue weighted by Gasteiger charge is 2.49. The average Bonchev–Trinajstić information content (AvgIpc) is 3.41. The van der Waals surface area contributed by atoms with Crippen molar-refractivity contribution in [2.24, 2.45) is 0 Å². The summed E-state index contributed by atoms with van der Waals surface area (Å²) >= 11 is 1.71. The van der Waals surface area contributed by atoms with Crippen LogP contribution >= 0.6 is 11.8 Å². The van der Waals surface area contributed by atoms with Gasteiger partial charge in [-0.2, -0.15) is 0 Å². The van der Waals surface area contributed by atoms with E-state index in [4.69, 9.17) is 9.84 Å². The number of pyridine rings is 1. The van der Waals surface area contributed by atoms with Crippen LogP contribution in [-0.2, 0) is 0 Å². The third kappa shape index (κ3) is 3.48. The van der Waals surface area contributed by atoms with Gasteiger partial charge >= 0.3 is 6.09 Å². The predicted molar refractivity (Wildman–Crippen MR) is 94.7 cm³/mol. The minimum Gasteiger partial charge on any atom is -0.490 e. The molecule has 126 valence electrons. The third-order valence-corrected chi connectivity index (χ3v) is 5.21. The van der Waals surface area contributed by atoms with Crippen LogP contribution in [0.25, 0.3) is 11.1 Å². The maximum Gasteiger partial charge on any atom is 0.407 e. The highest BCUT2D eigenvalue weighted by atomic mass is 32.2. The van der Waals surface area contributed by atoms with Gasteiger partial charge < -0.3 is 14.7 Å². The van der Waals surface area contributed by atoms with E-state index in [9.17, 15) is 4.79 Å². The van der Waals surface area contributed by atoms with Crippen molar-refractivity contribution in [2.45, 2.75) is 23.3 Å². The fourth-order valence-corrected chi connectivity index (χ4v) is 2.99. The Morgan fingerprint density at radius 1 is 1.29 bits per heavy atom. The first-order chi connectivity index (χ1) is 11.5. The van der Waals surface area contributed by atoms with Gasteiger partial charge in [0.1, 0.15) is 12.4 Å². The van der Waals surface area contributed by atoms with Crippen LogP contribution < -0.4 is 4.74 Å². The van der Waals surface area contributed by atoms with Gasteiger partial charge in [-0.05, 0) is 42.9 Å². The summed E-state index contributed by atoms with van der Waals surface area (Å²) in [6.45, 7) is 0.354. The molecule has 0 aliphatic heterocycles. The van der Waals surface area contributed by atoms with Gasteiger partial charge in [-0.15, -0.1) is 11.8 Å². The van der Waals surface area contributed by atoms with E-state index in [0.29, 0.717) is 12.4 Å². The average molecular weight is 344 g/mol. The van der Waals surface area contributed by atoms with Gasteiger partial charge in [0, 0.05) is 23.7 Å². The standard InChI is InChI=1S/C18H20N2O3S/c1-20(17(21)22)18(7-8-18)12-23-15-9-14(10-19-11-15)13-3-5-16(24-2)6-4-13/h3-6,9-11H,7-8,12H2,1-2H3,(H,21,22). The number of aromatic nitrogens is 1. The van der Waals surface area contributed by atoms with Crippen molar-refractivity contribution >= 4 is 17.9 Å². The molecule has 0 radical (unpaired) electrons. The van der Waals surface area contributed by atoms with Gasteiger partial charge in [0.2, 0.25) is 0 Å². The number of likely N-dealkylation sites (N-methyl/N-ethyl adjacent to an activating group) is 1. The molecule has 0 bridgehead atoms. The number of thioether (sulfide) groups is 1. The second kappa shape index (κ2) is 6.73. The maximum atomic E-state index is 11.1. The van der Waals surface area contributed by atoms with E-state index in [1.807, 2.05) is 12.3 Å². The van der Waals surface area contributed by atoms with Crippen molar-refractivity contribution in [3.63, 3.8) is 0 Å². The Morgan fingerprint density at radius 3 is 2.58 bits per heavy atom. The van der Waals surface area contributed by atoms with Crippen molar-refractivity contribution in [1.82, 2.24) is 9.88 Å². The summed E-state index contributed by atoms with van der Waals surface area (Å²) in [7, 11) is 1.60. The molecule has 3 rings (SSSR count). The predicted octanol–water partition coefficient (Wildman–Crippen LogP) is 3.99. The van der Waals surface area contributed by atoms with Gasteiger partial charge in [-0.3, -0.25) is 4.98 Å². The van der Waals surface area contributed by atoms with Crippen LogP contribution in [0.3, 0.4) is 0 Å². The van der Waals surface area contributed by atoms with E-state index in [1.54, 1.807) is 31.2 Å². The lowest BCUT2D eigenvalue weighted by atomic mass is 10.1. The van der Waals surface area contributed by atoms with E-state index in [-0.39, 0.29) is 5.54 Å². The van der Waals surface area contributed by atoms with Gasteiger partial charge in [0.05, 0.1) is 11.7 Å². The number of benzene rings is 1. The smallest absolute Gasteiger partial charge is 0.407 e. The van der Waals surface area contributed by atoms with Crippen molar-refractivity contribution < 1.29 is 14.6 Å². The van der Waals surface area contributed by atoms with Gasteiger partial charge in [-0.25, -0.2) is 4.79 Å². The molecule has 0 unspecified atom stereocenters. The molecule has 0 atom stereocenters. The summed E-state index contributed by atoms with van der Waals surface area (Å²) in [5.74, 6) is 0.659. The largest absolute Gasteiger partial charge is 0.490 e. The first-order valence-corrected chi connectivity index (χ1v) is 8.96. The molecular weight excluding hydrogens is 324 g/mol. The Hall–Kier alpha value is -2.21. The van der Waals surface area contributed by atoms with E-state index < -0.39 is 6.09 Å². The summed E-state index contributed by atoms with van der Waals surface area (Å²) in [6.07, 6.45) is 6.26. The summed E-state index contributed by atoms with van der Waals surface area (Å²) in [5, 5.41) is 9.15. The van der Waals surface area contributed by atoms with Crippen molar-refractivity contribution in [1.29, 1.82) is 0 Å². The van der Waals surface area contributed by atoms with Crippen LogP contribution in [0.4, 0.5) is 4.79 Å². The fourth-order valence-electron chi connectivity index (χ4n) is 2.58. The van der Waals surface area contributed by atoms with Crippen LogP contribution in [0, 0.1) is 0 Å². The van der Waals surface area contributed by atoms with E-state index in [1.165, 1.54) is 9.80 Å². The number of hydrogen-bond acceptors (Lipinski definition) is 4. The Balaban J connectivity index is 1.70. The molecule has 1 N–H and O–H groups in total. The van der Waals surface area contributed by atoms with Crippen LogP contribution in [-0.4, -0.2) is 46.5 Å². The minimum atomic E-state index is -0.920. The SMILES string of the molecule is CSc1ccc(-c2cncc(OCC3(N(C)C(=O)O)CC3)c2)cc1. The van der Waals surface area contributed by atoms with E-state index in [2.05, 4.69) is 29.2 Å². The van der Waals surface area contributed by atoms with E-state index >= 15 is 0 Å². The quantitative estimate of drug-likeness (QED) is 0.803. The molecule has 1 amide bonds. The van der Waals surface area contributed by atoms with Crippen LogP contribution in [0.15, 0.2) is 47.6 Å². The molecule has 1 aromatic heterocycles. The number of hydrogen-bond donors (Lipinski definition) is 1. The lowest BCUT2D eigenvalue weighted by Crippen LogP contribution is -2.42. The van der Waals surface area contributed by atoms with Crippen molar-refractivity contribution in [3.05, 3.63) is 42.7 Å². The number of rotatable bonds is 6. The molecule has 5 nitrogen and oxygen atoms in total. The fraction of sp³-hybridized carbons (Fsp3) is 0.333. The monoisotopic (exact) mass is 344 g/mol. The van der Waals surface area contributed by atoms with Crippen molar-refractivity contribution in [3.8, 4) is 16.9 Å². The molecule has 0 saturated heterocycles. The highest BCUT2D eigenvalue weighted by molar-refractivity contribution is 7.98. The molecule has 0 spiro atoms. The molecule has 1 saturated carbocycles. The minimum absolute atomic E-state index is 0.354. The Labute approximate surface area is 145 Å². The van der Waals surface area contributed by atoms with Gasteiger partial charge in [-0.1, -0.05) is 12.1 Å². The topological polar surface area (TPSA) is 62.7 Å². The first kappa shape index (κ1) is 16.6. The first-order valence-electron chi connectivity index (χ1n) is 7.73. The zero-order valence-corrected chi connectivity index (χ0v) is 14.5. The lowest BCUT2D eigenvalue weighted by molar-refractivity contribution is 0.109. The number of carboxylic acid groups (broad SMARTS) is 1. The number of amides is 1. The van der Waals surface area contributed by atoms with Crippen molar-refractivity contribution in [2.75, 3.05) is 19.9 Å². The maximum absolute atomic E-state index is 11.1. The summed E-state index contributed by atoms with van der Waals surface area (Å²) in [4.78, 5) is 18.0. The Kier molecular flexibility index (Phi) is 4.66. The number of carbonyl (C=O) groups is 1. The molecule has 1 aromatic carbocycles. The van der Waals surface area contributed by atoms with E-state index in [0.717, 1.165) is 24.0 Å². The molecular formula is C18H20N2O3S. The Bertz CT molecular complexity index is 729. The van der Waals surface area contributed by atoms with Crippen LogP contribution in [0.2, 0.25) is 0 Å². The summed E-state index contributed by atoms with van der Waals surface area (Å²) in [6, 6.07) is 10.2. The normalized spacial score (nSPS) is 14.9. The molecule has 1 aliphatic rings. The second-order valence-electron chi connectivity index (χ2n) is 5.99. The molecule has 1 heterocycles. The Morgan fingerprint density at radius 2 is 2.00 bits per heavy atom. The van der Waals surface area contributed by atoms with Crippen LogP contribution in [0.1, 0.15) is 12.8 Å². The number of nitrogens with zero attached hydrogens (tertiary/aromatic N) is 2. The zero-order chi connectivity index (χ0) is 17.2. The molecule has 1 aliphatic carbocycles. The summed E-state index contributed by atoms with van der Waals surface area (Å²) in [5.41, 5.74) is 1.67. The van der Waals surface area contributed by atoms with Gasteiger partial charge in [0.15, 0.2) is 0 Å². The number of ether oxygens (including phenoxy) is 1. The summed E-state index contributed by atoms with van der Waals surface area (Å²) < 4.78 is 5.84. The molecule has 1 fully saturated rings. The lowest BCUT2D eigenvalue weighted by Gasteiger charge is -2.25. The zero-order valence-electron chi connectivity index (χ0n) is 13.7. The van der Waals surface area contributed by atoms with Gasteiger partial charge in [0.25, 0.3) is 0 Å². The van der Waals surface area contributed by atoms with Crippen LogP contribution in [0.5, 0.6) is 5.75 Å². The second-order valence-corrected chi connectivity index (χ2v) is 6.87. The molecule has 24 heavy (non-hydrogen) atoms. The molecule has 2 aromatic rings. The third-order valence-electron chi connectivity index (χ3n) is 4.47.